The van der Waals surface area contributed by atoms with E-state index in [0.717, 1.165) is 6.20 Å². The van der Waals surface area contributed by atoms with Gasteiger partial charge in [0.2, 0.25) is 0 Å². The summed E-state index contributed by atoms with van der Waals surface area (Å²) in [6.45, 7) is -2.71. The first-order valence-corrected chi connectivity index (χ1v) is 5.26. The molecular weight excluding hydrogens is 289 g/mol. The van der Waals surface area contributed by atoms with Gasteiger partial charge in [0.25, 0.3) is 5.91 Å². The van der Waals surface area contributed by atoms with E-state index in [4.69, 9.17) is 16.7 Å². The van der Waals surface area contributed by atoms with E-state index in [1.54, 1.807) is 0 Å². The van der Waals surface area contributed by atoms with Crippen molar-refractivity contribution in [2.45, 2.75) is 6.18 Å². The van der Waals surface area contributed by atoms with Crippen LogP contribution in [0.4, 0.5) is 13.2 Å². The molecule has 1 rings (SSSR count). The Labute approximate surface area is 110 Å². The van der Waals surface area contributed by atoms with E-state index < -0.39 is 31.1 Å². The molecule has 1 aromatic heterocycles. The van der Waals surface area contributed by atoms with Gasteiger partial charge in [-0.05, 0) is 12.1 Å². The number of hydrogen-bond donors (Lipinski definition) is 1. The molecule has 0 radical (unpaired) electrons. The molecule has 0 bridgehead atoms. The maximum atomic E-state index is 12.3. The van der Waals surface area contributed by atoms with E-state index in [0.29, 0.717) is 0 Å². The van der Waals surface area contributed by atoms with Gasteiger partial charge >= 0.3 is 12.1 Å². The van der Waals surface area contributed by atoms with Crippen LogP contribution in [-0.4, -0.2) is 46.1 Å². The highest BCUT2D eigenvalue weighted by Crippen LogP contribution is 2.18. The number of carboxylic acids is 1. The average molecular weight is 297 g/mol. The SMILES string of the molecule is O=C(O)CN(CC(F)(F)F)C(=O)c1ccc(Cl)nc1. The lowest BCUT2D eigenvalue weighted by atomic mass is 10.2. The number of aliphatic carboxylic acids is 1. The first-order chi connectivity index (χ1) is 8.69. The van der Waals surface area contributed by atoms with Gasteiger partial charge in [-0.2, -0.15) is 13.2 Å². The summed E-state index contributed by atoms with van der Waals surface area (Å²) in [6, 6.07) is 2.39. The number of pyridine rings is 1. The Kier molecular flexibility index (Phi) is 4.71. The van der Waals surface area contributed by atoms with Crippen molar-refractivity contribution in [1.82, 2.24) is 9.88 Å². The second-order valence-electron chi connectivity index (χ2n) is 3.54. The van der Waals surface area contributed by atoms with Crippen LogP contribution in [0, 0.1) is 0 Å². The van der Waals surface area contributed by atoms with E-state index in [1.807, 2.05) is 0 Å². The van der Waals surface area contributed by atoms with Gasteiger partial charge in [0, 0.05) is 6.20 Å². The number of rotatable bonds is 4. The van der Waals surface area contributed by atoms with Crippen molar-refractivity contribution in [3.8, 4) is 0 Å². The minimum Gasteiger partial charge on any atom is -0.480 e. The number of alkyl halides is 3. The molecule has 1 amide bonds. The molecular formula is C10H8ClF3N2O3. The quantitative estimate of drug-likeness (QED) is 0.861. The summed E-state index contributed by atoms with van der Waals surface area (Å²) in [5.74, 6) is -2.62. The Morgan fingerprint density at radius 1 is 1.37 bits per heavy atom. The molecule has 104 valence electrons. The van der Waals surface area contributed by atoms with Gasteiger partial charge in [-0.25, -0.2) is 4.98 Å². The molecule has 1 aromatic rings. The maximum absolute atomic E-state index is 12.3. The van der Waals surface area contributed by atoms with Gasteiger partial charge in [-0.15, -0.1) is 0 Å². The fraction of sp³-hybridized carbons (Fsp3) is 0.300. The summed E-state index contributed by atoms with van der Waals surface area (Å²) < 4.78 is 36.8. The monoisotopic (exact) mass is 296 g/mol. The van der Waals surface area contributed by atoms with Crippen molar-refractivity contribution >= 4 is 23.5 Å². The molecule has 1 N–H and O–H groups in total. The Morgan fingerprint density at radius 2 is 2.00 bits per heavy atom. The molecule has 0 spiro atoms. The van der Waals surface area contributed by atoms with Crippen molar-refractivity contribution in [2.75, 3.05) is 13.1 Å². The first kappa shape index (κ1) is 15.2. The van der Waals surface area contributed by atoms with Crippen LogP contribution >= 0.6 is 11.6 Å². The number of nitrogens with zero attached hydrogens (tertiary/aromatic N) is 2. The summed E-state index contributed by atoms with van der Waals surface area (Å²) in [4.78, 5) is 26.0. The molecule has 19 heavy (non-hydrogen) atoms. The molecule has 0 atom stereocenters. The molecule has 0 saturated carbocycles. The van der Waals surface area contributed by atoms with Crippen molar-refractivity contribution in [2.24, 2.45) is 0 Å². The molecule has 0 aliphatic rings. The molecule has 0 unspecified atom stereocenters. The lowest BCUT2D eigenvalue weighted by Crippen LogP contribution is -2.42. The van der Waals surface area contributed by atoms with E-state index >= 15 is 0 Å². The van der Waals surface area contributed by atoms with Crippen LogP contribution in [0.3, 0.4) is 0 Å². The van der Waals surface area contributed by atoms with Gasteiger partial charge in [-0.1, -0.05) is 11.6 Å². The normalized spacial score (nSPS) is 11.2. The minimum absolute atomic E-state index is 0.0668. The minimum atomic E-state index is -4.69. The Morgan fingerprint density at radius 3 is 2.42 bits per heavy atom. The molecule has 0 fully saturated rings. The average Bonchev–Trinajstić information content (AvgIpc) is 2.25. The van der Waals surface area contributed by atoms with Gasteiger partial charge in [0.15, 0.2) is 0 Å². The predicted octanol–water partition coefficient (Wildman–Crippen LogP) is 1.82. The van der Waals surface area contributed by atoms with Crippen LogP contribution < -0.4 is 0 Å². The Bertz CT molecular complexity index is 476. The standard InChI is InChI=1S/C10H8ClF3N2O3/c11-7-2-1-6(3-15-7)9(19)16(4-8(17)18)5-10(12,13)14/h1-3H,4-5H2,(H,17,18). The van der Waals surface area contributed by atoms with E-state index in [2.05, 4.69) is 4.98 Å². The smallest absolute Gasteiger partial charge is 0.406 e. The number of carbonyl (C=O) groups is 2. The topological polar surface area (TPSA) is 70.5 Å². The Hall–Kier alpha value is -1.83. The summed E-state index contributed by atoms with van der Waals surface area (Å²) in [7, 11) is 0. The highest BCUT2D eigenvalue weighted by atomic mass is 35.5. The highest BCUT2D eigenvalue weighted by molar-refractivity contribution is 6.29. The number of hydrogen-bond acceptors (Lipinski definition) is 3. The van der Waals surface area contributed by atoms with Crippen molar-refractivity contribution in [3.05, 3.63) is 29.0 Å². The summed E-state index contributed by atoms with van der Waals surface area (Å²) >= 11 is 5.48. The molecule has 0 aliphatic heterocycles. The number of carbonyl (C=O) groups excluding carboxylic acids is 1. The zero-order valence-electron chi connectivity index (χ0n) is 9.32. The second-order valence-corrected chi connectivity index (χ2v) is 3.93. The number of aromatic nitrogens is 1. The van der Waals surface area contributed by atoms with E-state index in [1.165, 1.54) is 12.1 Å². The largest absolute Gasteiger partial charge is 0.480 e. The van der Waals surface area contributed by atoms with Gasteiger partial charge < -0.3 is 10.0 Å². The number of halogens is 4. The van der Waals surface area contributed by atoms with Gasteiger partial charge in [0.05, 0.1) is 5.56 Å². The van der Waals surface area contributed by atoms with Crippen LogP contribution in [0.15, 0.2) is 18.3 Å². The summed E-state index contributed by atoms with van der Waals surface area (Å²) in [5.41, 5.74) is -0.171. The maximum Gasteiger partial charge on any atom is 0.406 e. The second kappa shape index (κ2) is 5.87. The molecule has 0 aromatic carbocycles. The number of carboxylic acid groups (broad SMARTS) is 1. The van der Waals surface area contributed by atoms with Crippen molar-refractivity contribution in [1.29, 1.82) is 0 Å². The van der Waals surface area contributed by atoms with Gasteiger partial charge in [-0.3, -0.25) is 9.59 Å². The summed E-state index contributed by atoms with van der Waals surface area (Å²) in [6.07, 6.45) is -3.71. The van der Waals surface area contributed by atoms with Crippen molar-refractivity contribution < 1.29 is 27.9 Å². The number of amides is 1. The molecule has 0 saturated heterocycles. The third kappa shape index (κ3) is 5.12. The third-order valence-corrected chi connectivity index (χ3v) is 2.18. The van der Waals surface area contributed by atoms with E-state index in [-0.39, 0.29) is 15.6 Å². The van der Waals surface area contributed by atoms with Crippen LogP contribution in [0.5, 0.6) is 0 Å². The lowest BCUT2D eigenvalue weighted by Gasteiger charge is -2.21. The molecule has 9 heteroatoms. The molecule has 1 heterocycles. The fourth-order valence-corrected chi connectivity index (χ4v) is 1.38. The van der Waals surface area contributed by atoms with Crippen LogP contribution in [0.2, 0.25) is 5.15 Å². The van der Waals surface area contributed by atoms with Gasteiger partial charge in [0.1, 0.15) is 18.2 Å². The zero-order valence-corrected chi connectivity index (χ0v) is 10.1. The fourth-order valence-electron chi connectivity index (χ4n) is 1.26. The van der Waals surface area contributed by atoms with Crippen LogP contribution in [0.1, 0.15) is 10.4 Å². The van der Waals surface area contributed by atoms with Crippen LogP contribution in [0.25, 0.3) is 0 Å². The Balaban J connectivity index is 2.93. The van der Waals surface area contributed by atoms with Crippen molar-refractivity contribution in [3.63, 3.8) is 0 Å². The van der Waals surface area contributed by atoms with E-state index in [9.17, 15) is 22.8 Å². The zero-order chi connectivity index (χ0) is 14.6. The molecule has 0 aliphatic carbocycles. The highest BCUT2D eigenvalue weighted by Gasteiger charge is 2.34. The molecule has 5 nitrogen and oxygen atoms in total. The predicted molar refractivity (Wildman–Crippen MR) is 58.8 cm³/mol. The summed E-state index contributed by atoms with van der Waals surface area (Å²) in [5, 5.41) is 8.59. The first-order valence-electron chi connectivity index (χ1n) is 4.88. The van der Waals surface area contributed by atoms with Crippen LogP contribution in [-0.2, 0) is 4.79 Å². The lowest BCUT2D eigenvalue weighted by molar-refractivity contribution is -0.149. The third-order valence-electron chi connectivity index (χ3n) is 1.96.